The average Bonchev–Trinajstić information content (AvgIpc) is 2.33. The molecule has 2 rings (SSSR count). The molecule has 4 heteroatoms. The molecular formula is C13H24N2O2. The first-order valence-corrected chi connectivity index (χ1v) is 6.81. The maximum Gasteiger partial charge on any atom is 0.239 e. The molecule has 1 atom stereocenters. The van der Waals surface area contributed by atoms with Gasteiger partial charge in [-0.1, -0.05) is 6.92 Å². The van der Waals surface area contributed by atoms with E-state index in [0.29, 0.717) is 13.2 Å². The second-order valence-corrected chi connectivity index (χ2v) is 5.29. The van der Waals surface area contributed by atoms with Crippen molar-refractivity contribution in [1.82, 2.24) is 10.2 Å². The fraction of sp³-hybridized carbons (Fsp3) is 0.923. The molecule has 98 valence electrons. The van der Waals surface area contributed by atoms with Gasteiger partial charge in [0.1, 0.15) is 0 Å². The Kier molecular flexibility index (Phi) is 4.05. The zero-order valence-corrected chi connectivity index (χ0v) is 11.0. The van der Waals surface area contributed by atoms with Crippen molar-refractivity contribution in [3.63, 3.8) is 0 Å². The Morgan fingerprint density at radius 3 is 2.53 bits per heavy atom. The third kappa shape index (κ3) is 2.80. The van der Waals surface area contributed by atoms with Gasteiger partial charge in [-0.2, -0.15) is 0 Å². The highest BCUT2D eigenvalue weighted by atomic mass is 16.5. The molecule has 2 aliphatic rings. The quantitative estimate of drug-likeness (QED) is 0.801. The third-order valence-electron chi connectivity index (χ3n) is 4.20. The normalized spacial score (nSPS) is 25.2. The lowest BCUT2D eigenvalue weighted by Gasteiger charge is -2.44. The second kappa shape index (κ2) is 5.36. The molecule has 2 fully saturated rings. The third-order valence-corrected chi connectivity index (χ3v) is 4.20. The molecule has 0 spiro atoms. The van der Waals surface area contributed by atoms with Crippen LogP contribution < -0.4 is 5.32 Å². The minimum atomic E-state index is -0.0617. The number of amides is 1. The van der Waals surface area contributed by atoms with Gasteiger partial charge in [0, 0.05) is 18.6 Å². The van der Waals surface area contributed by atoms with E-state index < -0.39 is 0 Å². The van der Waals surface area contributed by atoms with E-state index in [1.54, 1.807) is 0 Å². The largest absolute Gasteiger partial charge is 0.378 e. The molecule has 0 aromatic rings. The van der Waals surface area contributed by atoms with Crippen LogP contribution in [0.25, 0.3) is 0 Å². The lowest BCUT2D eigenvalue weighted by molar-refractivity contribution is -0.138. The van der Waals surface area contributed by atoms with Crippen LogP contribution in [0.3, 0.4) is 0 Å². The number of nitrogens with one attached hydrogen (secondary N) is 1. The molecule has 1 amide bonds. The van der Waals surface area contributed by atoms with Crippen molar-refractivity contribution in [3.8, 4) is 0 Å². The molecule has 0 radical (unpaired) electrons. The second-order valence-electron chi connectivity index (χ2n) is 5.29. The SMILES string of the molecule is CCC1(NC(C)C(=O)N2CCOCC2)CCC1. The molecule has 1 heterocycles. The minimum Gasteiger partial charge on any atom is -0.378 e. The van der Waals surface area contributed by atoms with Crippen LogP contribution in [-0.2, 0) is 9.53 Å². The van der Waals surface area contributed by atoms with E-state index >= 15 is 0 Å². The van der Waals surface area contributed by atoms with Gasteiger partial charge < -0.3 is 15.0 Å². The van der Waals surface area contributed by atoms with Crippen molar-refractivity contribution in [2.24, 2.45) is 0 Å². The van der Waals surface area contributed by atoms with Gasteiger partial charge in [0.2, 0.25) is 5.91 Å². The van der Waals surface area contributed by atoms with E-state index in [9.17, 15) is 4.79 Å². The van der Waals surface area contributed by atoms with E-state index in [-0.39, 0.29) is 17.5 Å². The highest BCUT2D eigenvalue weighted by Gasteiger charge is 2.37. The number of morpholine rings is 1. The van der Waals surface area contributed by atoms with Crippen LogP contribution in [0.1, 0.15) is 39.5 Å². The highest BCUT2D eigenvalue weighted by molar-refractivity contribution is 5.81. The predicted octanol–water partition coefficient (Wildman–Crippen LogP) is 1.16. The van der Waals surface area contributed by atoms with Crippen LogP contribution in [0.15, 0.2) is 0 Å². The van der Waals surface area contributed by atoms with Gasteiger partial charge in [-0.25, -0.2) is 0 Å². The summed E-state index contributed by atoms with van der Waals surface area (Å²) in [6.07, 6.45) is 4.83. The molecule has 4 nitrogen and oxygen atoms in total. The molecule has 0 aromatic carbocycles. The molecule has 1 saturated carbocycles. The van der Waals surface area contributed by atoms with E-state index in [1.807, 2.05) is 11.8 Å². The van der Waals surface area contributed by atoms with Crippen LogP contribution >= 0.6 is 0 Å². The summed E-state index contributed by atoms with van der Waals surface area (Å²) in [7, 11) is 0. The maximum atomic E-state index is 12.2. The molecule has 1 N–H and O–H groups in total. The molecular weight excluding hydrogens is 216 g/mol. The smallest absolute Gasteiger partial charge is 0.239 e. The van der Waals surface area contributed by atoms with Crippen LogP contribution in [-0.4, -0.2) is 48.7 Å². The molecule has 0 aromatic heterocycles. The van der Waals surface area contributed by atoms with Crippen LogP contribution in [0, 0.1) is 0 Å². The van der Waals surface area contributed by atoms with Crippen molar-refractivity contribution in [2.45, 2.75) is 51.1 Å². The van der Waals surface area contributed by atoms with Crippen LogP contribution in [0.4, 0.5) is 0 Å². The number of nitrogens with zero attached hydrogens (tertiary/aromatic N) is 1. The Labute approximate surface area is 104 Å². The number of carbonyl (C=O) groups is 1. The fourth-order valence-electron chi connectivity index (χ4n) is 2.78. The van der Waals surface area contributed by atoms with Gasteiger partial charge in [-0.3, -0.25) is 4.79 Å². The van der Waals surface area contributed by atoms with Crippen molar-refractivity contribution < 1.29 is 9.53 Å². The Hall–Kier alpha value is -0.610. The van der Waals surface area contributed by atoms with Gasteiger partial charge >= 0.3 is 0 Å². The molecule has 1 aliphatic heterocycles. The molecule has 1 unspecified atom stereocenters. The Morgan fingerprint density at radius 2 is 2.06 bits per heavy atom. The fourth-order valence-corrected chi connectivity index (χ4v) is 2.78. The topological polar surface area (TPSA) is 41.6 Å². The average molecular weight is 240 g/mol. The number of rotatable bonds is 4. The monoisotopic (exact) mass is 240 g/mol. The summed E-state index contributed by atoms with van der Waals surface area (Å²) < 4.78 is 5.27. The van der Waals surface area contributed by atoms with Gasteiger partial charge in [0.15, 0.2) is 0 Å². The highest BCUT2D eigenvalue weighted by Crippen LogP contribution is 2.35. The molecule has 1 aliphatic carbocycles. The van der Waals surface area contributed by atoms with Gasteiger partial charge in [0.05, 0.1) is 19.3 Å². The van der Waals surface area contributed by atoms with Gasteiger partial charge in [0.25, 0.3) is 0 Å². The van der Waals surface area contributed by atoms with Gasteiger partial charge in [-0.05, 0) is 32.6 Å². The number of hydrogen-bond donors (Lipinski definition) is 1. The van der Waals surface area contributed by atoms with Crippen molar-refractivity contribution >= 4 is 5.91 Å². The first-order chi connectivity index (χ1) is 8.17. The zero-order valence-electron chi connectivity index (χ0n) is 11.0. The maximum absolute atomic E-state index is 12.2. The standard InChI is InChI=1S/C13H24N2O2/c1-3-13(5-4-6-13)14-11(2)12(16)15-7-9-17-10-8-15/h11,14H,3-10H2,1-2H3. The summed E-state index contributed by atoms with van der Waals surface area (Å²) in [4.78, 5) is 14.2. The lowest BCUT2D eigenvalue weighted by atomic mass is 9.74. The number of hydrogen-bond acceptors (Lipinski definition) is 3. The first-order valence-electron chi connectivity index (χ1n) is 6.81. The zero-order chi connectivity index (χ0) is 12.3. The lowest BCUT2D eigenvalue weighted by Crippen LogP contribution is -2.59. The van der Waals surface area contributed by atoms with Crippen molar-refractivity contribution in [3.05, 3.63) is 0 Å². The summed E-state index contributed by atoms with van der Waals surface area (Å²) >= 11 is 0. The predicted molar refractivity (Wildman–Crippen MR) is 66.9 cm³/mol. The molecule has 17 heavy (non-hydrogen) atoms. The minimum absolute atomic E-state index is 0.0617. The summed E-state index contributed by atoms with van der Waals surface area (Å²) in [6.45, 7) is 7.04. The molecule has 1 saturated heterocycles. The van der Waals surface area contributed by atoms with Gasteiger partial charge in [-0.15, -0.1) is 0 Å². The van der Waals surface area contributed by atoms with E-state index in [4.69, 9.17) is 4.74 Å². The van der Waals surface area contributed by atoms with Crippen LogP contribution in [0.5, 0.6) is 0 Å². The number of ether oxygens (including phenoxy) is 1. The summed E-state index contributed by atoms with van der Waals surface area (Å²) in [5.41, 5.74) is 0.237. The summed E-state index contributed by atoms with van der Waals surface area (Å²) in [5.74, 6) is 0.230. The van der Waals surface area contributed by atoms with Crippen molar-refractivity contribution in [2.75, 3.05) is 26.3 Å². The van der Waals surface area contributed by atoms with E-state index in [0.717, 1.165) is 19.5 Å². The Bertz CT molecular complexity index is 265. The summed E-state index contributed by atoms with van der Waals surface area (Å²) in [5, 5.41) is 3.54. The summed E-state index contributed by atoms with van der Waals surface area (Å²) in [6, 6.07) is -0.0617. The Morgan fingerprint density at radius 1 is 1.41 bits per heavy atom. The van der Waals surface area contributed by atoms with E-state index in [2.05, 4.69) is 12.2 Å². The van der Waals surface area contributed by atoms with Crippen LogP contribution in [0.2, 0.25) is 0 Å². The number of carbonyl (C=O) groups excluding carboxylic acids is 1. The first kappa shape index (κ1) is 12.8. The van der Waals surface area contributed by atoms with E-state index in [1.165, 1.54) is 19.3 Å². The Balaban J connectivity index is 1.85. The molecule has 0 bridgehead atoms. The van der Waals surface area contributed by atoms with Crippen molar-refractivity contribution in [1.29, 1.82) is 0 Å².